The minimum Gasteiger partial charge on any atom is -0.494 e. The third-order valence-corrected chi connectivity index (χ3v) is 3.33. The minimum absolute atomic E-state index is 0.614. The Morgan fingerprint density at radius 3 is 2.50 bits per heavy atom. The molecule has 0 atom stereocenters. The minimum atomic E-state index is 0.614. The van der Waals surface area contributed by atoms with E-state index in [9.17, 15) is 0 Å². The highest BCUT2D eigenvalue weighted by molar-refractivity contribution is 6.17. The molecule has 0 heterocycles. The second kappa shape index (κ2) is 6.98. The van der Waals surface area contributed by atoms with Gasteiger partial charge in [0.15, 0.2) is 0 Å². The van der Waals surface area contributed by atoms with E-state index in [0.717, 1.165) is 28.9 Å². The van der Waals surface area contributed by atoms with Crippen molar-refractivity contribution >= 4 is 11.6 Å². The first-order valence-corrected chi connectivity index (χ1v) is 7.08. The molecule has 102 valence electrons. The van der Waals surface area contributed by atoms with Crippen LogP contribution in [0.3, 0.4) is 0 Å². The average Bonchev–Trinajstić information content (AvgIpc) is 2.48. The highest BCUT2D eigenvalue weighted by atomic mass is 35.5. The van der Waals surface area contributed by atoms with Crippen molar-refractivity contribution in [2.75, 3.05) is 12.5 Å². The molecular weight excluding hydrogens is 270 g/mol. The summed E-state index contributed by atoms with van der Waals surface area (Å²) in [4.78, 5) is 0. The SMILES string of the molecule is Cc1cc(C#N)ccc1-c1ccc(OCCCCl)cc1. The van der Waals surface area contributed by atoms with E-state index in [1.54, 1.807) is 0 Å². The molecule has 0 aromatic heterocycles. The third kappa shape index (κ3) is 3.53. The molecule has 0 saturated carbocycles. The Labute approximate surface area is 124 Å². The fourth-order valence-electron chi connectivity index (χ4n) is 2.03. The smallest absolute Gasteiger partial charge is 0.119 e. The first-order chi connectivity index (χ1) is 9.74. The van der Waals surface area contributed by atoms with E-state index in [1.807, 2.05) is 49.4 Å². The monoisotopic (exact) mass is 285 g/mol. The Morgan fingerprint density at radius 1 is 1.15 bits per heavy atom. The Morgan fingerprint density at radius 2 is 1.90 bits per heavy atom. The number of halogens is 1. The summed E-state index contributed by atoms with van der Waals surface area (Å²) in [6.45, 7) is 2.65. The lowest BCUT2D eigenvalue weighted by atomic mass is 9.99. The van der Waals surface area contributed by atoms with Crippen molar-refractivity contribution in [1.29, 1.82) is 5.26 Å². The summed E-state index contributed by atoms with van der Waals surface area (Å²) in [5.74, 6) is 1.47. The highest BCUT2D eigenvalue weighted by Crippen LogP contribution is 2.26. The molecule has 0 saturated heterocycles. The topological polar surface area (TPSA) is 33.0 Å². The van der Waals surface area contributed by atoms with Gasteiger partial charge in [0.1, 0.15) is 5.75 Å². The van der Waals surface area contributed by atoms with Crippen LogP contribution in [0.25, 0.3) is 11.1 Å². The molecule has 3 heteroatoms. The number of hydrogen-bond donors (Lipinski definition) is 0. The molecule has 0 unspecified atom stereocenters. The normalized spacial score (nSPS) is 10.1. The van der Waals surface area contributed by atoms with Gasteiger partial charge in [0.25, 0.3) is 0 Å². The van der Waals surface area contributed by atoms with Gasteiger partial charge in [0.2, 0.25) is 0 Å². The van der Waals surface area contributed by atoms with Crippen LogP contribution in [0.1, 0.15) is 17.5 Å². The molecule has 0 spiro atoms. The summed E-state index contributed by atoms with van der Waals surface area (Å²) in [6, 6.07) is 15.9. The Balaban J connectivity index is 2.16. The predicted octanol–water partition coefficient (Wildman–Crippen LogP) is 4.54. The van der Waals surface area contributed by atoms with Crippen molar-refractivity contribution in [2.24, 2.45) is 0 Å². The third-order valence-electron chi connectivity index (χ3n) is 3.07. The number of nitrogens with zero attached hydrogens (tertiary/aromatic N) is 1. The molecule has 0 aliphatic rings. The van der Waals surface area contributed by atoms with Crippen molar-refractivity contribution in [2.45, 2.75) is 13.3 Å². The van der Waals surface area contributed by atoms with Crippen molar-refractivity contribution in [3.8, 4) is 22.9 Å². The molecule has 20 heavy (non-hydrogen) atoms. The number of hydrogen-bond acceptors (Lipinski definition) is 2. The molecule has 2 aromatic carbocycles. The molecule has 0 N–H and O–H groups in total. The maximum atomic E-state index is 8.89. The number of benzene rings is 2. The van der Waals surface area contributed by atoms with Gasteiger partial charge in [-0.15, -0.1) is 11.6 Å². The van der Waals surface area contributed by atoms with Gasteiger partial charge in [0, 0.05) is 5.88 Å². The molecule has 2 nitrogen and oxygen atoms in total. The van der Waals surface area contributed by atoms with E-state index < -0.39 is 0 Å². The molecule has 0 amide bonds. The number of ether oxygens (including phenoxy) is 1. The van der Waals surface area contributed by atoms with E-state index in [-0.39, 0.29) is 0 Å². The van der Waals surface area contributed by atoms with Gasteiger partial charge in [-0.05, 0) is 54.3 Å². The molecule has 2 rings (SSSR count). The molecule has 0 aliphatic carbocycles. The summed E-state index contributed by atoms with van der Waals surface area (Å²) >= 11 is 5.61. The van der Waals surface area contributed by atoms with Crippen LogP contribution in [0, 0.1) is 18.3 Å². The first kappa shape index (κ1) is 14.4. The van der Waals surface area contributed by atoms with Gasteiger partial charge < -0.3 is 4.74 Å². The Hall–Kier alpha value is -1.98. The van der Waals surface area contributed by atoms with Crippen LogP contribution in [0.2, 0.25) is 0 Å². The van der Waals surface area contributed by atoms with Crippen molar-refractivity contribution < 1.29 is 4.74 Å². The largest absolute Gasteiger partial charge is 0.494 e. The van der Waals surface area contributed by atoms with Gasteiger partial charge in [0.05, 0.1) is 18.2 Å². The molecular formula is C17H16ClNO. The average molecular weight is 286 g/mol. The van der Waals surface area contributed by atoms with Crippen LogP contribution < -0.4 is 4.74 Å². The lowest BCUT2D eigenvalue weighted by molar-refractivity contribution is 0.318. The second-order valence-corrected chi connectivity index (χ2v) is 4.93. The van der Waals surface area contributed by atoms with Gasteiger partial charge in [-0.2, -0.15) is 5.26 Å². The Bertz CT molecular complexity index is 614. The van der Waals surface area contributed by atoms with E-state index in [4.69, 9.17) is 21.6 Å². The zero-order chi connectivity index (χ0) is 14.4. The number of rotatable bonds is 5. The molecule has 0 bridgehead atoms. The predicted molar refractivity (Wildman–Crippen MR) is 82.2 cm³/mol. The lowest BCUT2D eigenvalue weighted by Gasteiger charge is -2.09. The summed E-state index contributed by atoms with van der Waals surface area (Å²) in [6.07, 6.45) is 0.845. The second-order valence-electron chi connectivity index (χ2n) is 4.56. The summed E-state index contributed by atoms with van der Waals surface area (Å²) in [5, 5.41) is 8.89. The van der Waals surface area contributed by atoms with Crippen molar-refractivity contribution in [3.63, 3.8) is 0 Å². The zero-order valence-corrected chi connectivity index (χ0v) is 12.2. The van der Waals surface area contributed by atoms with Crippen LogP contribution in [0.15, 0.2) is 42.5 Å². The lowest BCUT2D eigenvalue weighted by Crippen LogP contribution is -1.97. The molecule has 2 aromatic rings. The van der Waals surface area contributed by atoms with Crippen molar-refractivity contribution in [1.82, 2.24) is 0 Å². The maximum absolute atomic E-state index is 8.89. The fraction of sp³-hybridized carbons (Fsp3) is 0.235. The van der Waals surface area contributed by atoms with Crippen LogP contribution in [-0.4, -0.2) is 12.5 Å². The standard InChI is InChI=1S/C17H16ClNO/c1-13-11-14(12-19)3-8-17(13)15-4-6-16(7-5-15)20-10-2-9-18/h3-8,11H,2,9-10H2,1H3. The fourth-order valence-corrected chi connectivity index (χ4v) is 2.14. The quantitative estimate of drug-likeness (QED) is 0.597. The summed E-state index contributed by atoms with van der Waals surface area (Å²) in [5.41, 5.74) is 4.04. The Kier molecular flexibility index (Phi) is 5.03. The zero-order valence-electron chi connectivity index (χ0n) is 11.4. The molecule has 0 radical (unpaired) electrons. The highest BCUT2D eigenvalue weighted by Gasteiger charge is 2.03. The first-order valence-electron chi connectivity index (χ1n) is 6.54. The van der Waals surface area contributed by atoms with Crippen LogP contribution >= 0.6 is 11.6 Å². The van der Waals surface area contributed by atoms with Crippen LogP contribution in [0.5, 0.6) is 5.75 Å². The van der Waals surface area contributed by atoms with E-state index >= 15 is 0 Å². The molecule has 0 aliphatic heterocycles. The van der Waals surface area contributed by atoms with Crippen LogP contribution in [-0.2, 0) is 0 Å². The van der Waals surface area contributed by atoms with E-state index in [1.165, 1.54) is 0 Å². The molecule has 0 fully saturated rings. The van der Waals surface area contributed by atoms with E-state index in [2.05, 4.69) is 6.07 Å². The van der Waals surface area contributed by atoms with Gasteiger partial charge in [-0.3, -0.25) is 0 Å². The summed E-state index contributed by atoms with van der Waals surface area (Å²) in [7, 11) is 0. The maximum Gasteiger partial charge on any atom is 0.119 e. The number of aryl methyl sites for hydroxylation is 1. The van der Waals surface area contributed by atoms with Crippen LogP contribution in [0.4, 0.5) is 0 Å². The van der Waals surface area contributed by atoms with E-state index in [0.29, 0.717) is 18.1 Å². The number of alkyl halides is 1. The van der Waals surface area contributed by atoms with Crippen molar-refractivity contribution in [3.05, 3.63) is 53.6 Å². The number of nitriles is 1. The van der Waals surface area contributed by atoms with Gasteiger partial charge in [-0.25, -0.2) is 0 Å². The van der Waals surface area contributed by atoms with Gasteiger partial charge >= 0.3 is 0 Å². The summed E-state index contributed by atoms with van der Waals surface area (Å²) < 4.78 is 5.58. The van der Waals surface area contributed by atoms with Gasteiger partial charge in [-0.1, -0.05) is 18.2 Å².